The van der Waals surface area contributed by atoms with Gasteiger partial charge in [-0.25, -0.2) is 9.97 Å². The van der Waals surface area contributed by atoms with Gasteiger partial charge in [0.1, 0.15) is 6.33 Å². The van der Waals surface area contributed by atoms with E-state index in [2.05, 4.69) is 25.9 Å². The van der Waals surface area contributed by atoms with E-state index in [0.29, 0.717) is 5.56 Å². The summed E-state index contributed by atoms with van der Waals surface area (Å²) < 4.78 is 0.794. The zero-order valence-corrected chi connectivity index (χ0v) is 9.81. The van der Waals surface area contributed by atoms with E-state index in [0.717, 1.165) is 15.6 Å². The summed E-state index contributed by atoms with van der Waals surface area (Å²) in [6.45, 7) is 0. The van der Waals surface area contributed by atoms with E-state index < -0.39 is 5.91 Å². The highest BCUT2D eigenvalue weighted by Crippen LogP contribution is 2.23. The highest BCUT2D eigenvalue weighted by Gasteiger charge is 2.06. The molecule has 1 heterocycles. The van der Waals surface area contributed by atoms with Gasteiger partial charge < -0.3 is 5.73 Å². The Morgan fingerprint density at radius 3 is 2.44 bits per heavy atom. The van der Waals surface area contributed by atoms with Gasteiger partial charge in [-0.1, -0.05) is 15.9 Å². The summed E-state index contributed by atoms with van der Waals surface area (Å²) in [4.78, 5) is 19.0. The van der Waals surface area contributed by atoms with Crippen molar-refractivity contribution in [3.63, 3.8) is 0 Å². The molecule has 0 spiro atoms. The van der Waals surface area contributed by atoms with E-state index >= 15 is 0 Å². The van der Waals surface area contributed by atoms with Crippen LogP contribution in [0, 0.1) is 0 Å². The van der Waals surface area contributed by atoms with E-state index in [1.54, 1.807) is 24.5 Å². The monoisotopic (exact) mass is 277 g/mol. The van der Waals surface area contributed by atoms with Gasteiger partial charge in [-0.2, -0.15) is 0 Å². The number of nitrogens with zero attached hydrogens (tertiary/aromatic N) is 2. The standard InChI is InChI=1S/C11H8BrN3O/c12-10-2-7(1-8(3-10)11(13)16)9-4-14-6-15-5-9/h1-6H,(H2,13,16). The Morgan fingerprint density at radius 2 is 1.81 bits per heavy atom. The molecule has 1 amide bonds. The number of amides is 1. The van der Waals surface area contributed by atoms with E-state index in [-0.39, 0.29) is 0 Å². The maximum Gasteiger partial charge on any atom is 0.248 e. The summed E-state index contributed by atoms with van der Waals surface area (Å²) in [7, 11) is 0. The first-order valence-corrected chi connectivity index (χ1v) is 5.32. The molecule has 2 aromatic rings. The van der Waals surface area contributed by atoms with Gasteiger partial charge in [0.05, 0.1) is 0 Å². The minimum Gasteiger partial charge on any atom is -0.366 e. The molecule has 2 N–H and O–H groups in total. The predicted octanol–water partition coefficient (Wildman–Crippen LogP) is 2.00. The van der Waals surface area contributed by atoms with Crippen LogP contribution in [0.5, 0.6) is 0 Å². The molecule has 5 heteroatoms. The Labute approximate surface area is 101 Å². The van der Waals surface area contributed by atoms with Crippen molar-refractivity contribution in [3.8, 4) is 11.1 Å². The van der Waals surface area contributed by atoms with Crippen LogP contribution < -0.4 is 5.73 Å². The van der Waals surface area contributed by atoms with Gasteiger partial charge in [-0.05, 0) is 23.8 Å². The zero-order chi connectivity index (χ0) is 11.5. The summed E-state index contributed by atoms with van der Waals surface area (Å²) in [5.41, 5.74) is 7.38. The summed E-state index contributed by atoms with van der Waals surface area (Å²) in [6, 6.07) is 5.27. The van der Waals surface area contributed by atoms with Gasteiger partial charge in [-0.3, -0.25) is 4.79 Å². The van der Waals surface area contributed by atoms with Crippen molar-refractivity contribution in [2.24, 2.45) is 5.73 Å². The molecule has 0 unspecified atom stereocenters. The van der Waals surface area contributed by atoms with E-state index in [1.165, 1.54) is 6.33 Å². The van der Waals surface area contributed by atoms with Crippen LogP contribution >= 0.6 is 15.9 Å². The Hall–Kier alpha value is -1.75. The lowest BCUT2D eigenvalue weighted by molar-refractivity contribution is 0.100. The summed E-state index contributed by atoms with van der Waals surface area (Å²) >= 11 is 3.33. The maximum atomic E-state index is 11.1. The lowest BCUT2D eigenvalue weighted by atomic mass is 10.1. The fourth-order valence-electron chi connectivity index (χ4n) is 1.35. The maximum absolute atomic E-state index is 11.1. The van der Waals surface area contributed by atoms with Crippen LogP contribution in [0.3, 0.4) is 0 Å². The van der Waals surface area contributed by atoms with E-state index in [9.17, 15) is 4.79 Å². The molecule has 0 bridgehead atoms. The molecule has 80 valence electrons. The van der Waals surface area contributed by atoms with Gasteiger partial charge in [0.25, 0.3) is 0 Å². The highest BCUT2D eigenvalue weighted by atomic mass is 79.9. The Morgan fingerprint density at radius 1 is 1.12 bits per heavy atom. The number of hydrogen-bond donors (Lipinski definition) is 1. The molecule has 2 rings (SSSR count). The third-order valence-electron chi connectivity index (χ3n) is 2.08. The first kappa shape index (κ1) is 10.8. The fourth-order valence-corrected chi connectivity index (χ4v) is 1.84. The second-order valence-corrected chi connectivity index (χ2v) is 4.14. The Balaban J connectivity index is 2.54. The lowest BCUT2D eigenvalue weighted by Crippen LogP contribution is -2.10. The smallest absolute Gasteiger partial charge is 0.248 e. The number of halogens is 1. The Bertz CT molecular complexity index is 528. The molecular weight excluding hydrogens is 270 g/mol. The quantitative estimate of drug-likeness (QED) is 0.913. The minimum atomic E-state index is -0.459. The molecule has 0 aliphatic carbocycles. The van der Waals surface area contributed by atoms with Crippen molar-refractivity contribution in [1.29, 1.82) is 0 Å². The number of hydrogen-bond acceptors (Lipinski definition) is 3. The van der Waals surface area contributed by atoms with Crippen LogP contribution in [0.1, 0.15) is 10.4 Å². The molecule has 0 aliphatic heterocycles. The number of carbonyl (C=O) groups excluding carboxylic acids is 1. The predicted molar refractivity (Wildman–Crippen MR) is 63.7 cm³/mol. The zero-order valence-electron chi connectivity index (χ0n) is 8.22. The average Bonchev–Trinajstić information content (AvgIpc) is 2.29. The van der Waals surface area contributed by atoms with Crippen LogP contribution in [-0.2, 0) is 0 Å². The van der Waals surface area contributed by atoms with Crippen LogP contribution in [0.2, 0.25) is 0 Å². The molecule has 1 aromatic heterocycles. The summed E-state index contributed by atoms with van der Waals surface area (Å²) in [6.07, 6.45) is 4.82. The molecule has 0 radical (unpaired) electrons. The fraction of sp³-hybridized carbons (Fsp3) is 0. The van der Waals surface area contributed by atoms with Crippen molar-refractivity contribution >= 4 is 21.8 Å². The summed E-state index contributed by atoms with van der Waals surface area (Å²) in [5.74, 6) is -0.459. The van der Waals surface area contributed by atoms with Gasteiger partial charge in [0.2, 0.25) is 5.91 Å². The molecule has 0 saturated carbocycles. The lowest BCUT2D eigenvalue weighted by Gasteiger charge is -2.03. The summed E-state index contributed by atoms with van der Waals surface area (Å²) in [5, 5.41) is 0. The van der Waals surface area contributed by atoms with Gasteiger partial charge >= 0.3 is 0 Å². The van der Waals surface area contributed by atoms with Gasteiger partial charge in [0, 0.05) is 28.0 Å². The van der Waals surface area contributed by atoms with Crippen molar-refractivity contribution in [2.45, 2.75) is 0 Å². The van der Waals surface area contributed by atoms with Crippen LogP contribution in [0.4, 0.5) is 0 Å². The van der Waals surface area contributed by atoms with Gasteiger partial charge in [0.15, 0.2) is 0 Å². The molecule has 1 aromatic carbocycles. The number of benzene rings is 1. The number of nitrogens with two attached hydrogens (primary N) is 1. The molecule has 0 atom stereocenters. The number of rotatable bonds is 2. The number of aromatic nitrogens is 2. The van der Waals surface area contributed by atoms with E-state index in [1.807, 2.05) is 6.07 Å². The largest absolute Gasteiger partial charge is 0.366 e. The van der Waals surface area contributed by atoms with Crippen molar-refractivity contribution < 1.29 is 4.79 Å². The molecule has 0 fully saturated rings. The molecule has 0 aliphatic rings. The Kier molecular flexibility index (Phi) is 2.96. The van der Waals surface area contributed by atoms with Crippen molar-refractivity contribution in [1.82, 2.24) is 9.97 Å². The third-order valence-corrected chi connectivity index (χ3v) is 2.53. The minimum absolute atomic E-state index is 0.452. The van der Waals surface area contributed by atoms with Crippen molar-refractivity contribution in [3.05, 3.63) is 47.0 Å². The first-order chi connectivity index (χ1) is 7.66. The highest BCUT2D eigenvalue weighted by molar-refractivity contribution is 9.10. The van der Waals surface area contributed by atoms with E-state index in [4.69, 9.17) is 5.73 Å². The van der Waals surface area contributed by atoms with Crippen molar-refractivity contribution in [2.75, 3.05) is 0 Å². The topological polar surface area (TPSA) is 68.9 Å². The second-order valence-electron chi connectivity index (χ2n) is 3.22. The molecule has 0 saturated heterocycles. The first-order valence-electron chi connectivity index (χ1n) is 4.52. The molecule has 16 heavy (non-hydrogen) atoms. The second kappa shape index (κ2) is 4.40. The van der Waals surface area contributed by atoms with Crippen LogP contribution in [-0.4, -0.2) is 15.9 Å². The number of primary amides is 1. The number of carbonyl (C=O) groups is 1. The SMILES string of the molecule is NC(=O)c1cc(Br)cc(-c2cncnc2)c1. The van der Waals surface area contributed by atoms with Gasteiger partial charge in [-0.15, -0.1) is 0 Å². The average molecular weight is 278 g/mol. The normalized spacial score (nSPS) is 10.1. The van der Waals surface area contributed by atoms with Crippen LogP contribution in [0.25, 0.3) is 11.1 Å². The van der Waals surface area contributed by atoms with Crippen LogP contribution in [0.15, 0.2) is 41.4 Å². The molecular formula is C11H8BrN3O. The molecule has 4 nitrogen and oxygen atoms in total. The third kappa shape index (κ3) is 2.25.